The first kappa shape index (κ1) is 17.8. The van der Waals surface area contributed by atoms with Crippen LogP contribution in [0.3, 0.4) is 0 Å². The van der Waals surface area contributed by atoms with Gasteiger partial charge < -0.3 is 14.2 Å². The van der Waals surface area contributed by atoms with Crippen LogP contribution in [0.2, 0.25) is 0 Å². The molecule has 0 spiro atoms. The van der Waals surface area contributed by atoms with Crippen molar-refractivity contribution >= 4 is 38.7 Å². The number of esters is 1. The van der Waals surface area contributed by atoms with Crippen molar-refractivity contribution in [3.8, 4) is 5.75 Å². The molecule has 0 fully saturated rings. The van der Waals surface area contributed by atoms with E-state index in [9.17, 15) is 21.9 Å². The maximum absolute atomic E-state index is 12.5. The Kier molecular flexibility index (Phi) is 5.14. The number of pyridine rings is 1. The van der Waals surface area contributed by atoms with Gasteiger partial charge in [0.05, 0.1) is 23.9 Å². The van der Waals surface area contributed by atoms with E-state index >= 15 is 0 Å². The van der Waals surface area contributed by atoms with Crippen molar-refractivity contribution in [2.45, 2.75) is 6.92 Å². The standard InChI is InChI=1S/C13H11FN2O6S2/c1-7-3-10(23-11(7)13(18)21-2)16-12(17)8-4-9(6-15-5-8)22-24(14,19)20/h3-6H,1-2H3,(H,16,17). The molecule has 0 saturated carbocycles. The number of carbonyl (C=O) groups excluding carboxylic acids is 2. The normalized spacial score (nSPS) is 11.0. The van der Waals surface area contributed by atoms with Gasteiger partial charge in [0.1, 0.15) is 4.88 Å². The highest BCUT2D eigenvalue weighted by atomic mass is 32.3. The zero-order chi connectivity index (χ0) is 17.9. The molecule has 0 saturated heterocycles. The lowest BCUT2D eigenvalue weighted by atomic mass is 10.2. The predicted octanol–water partition coefficient (Wildman–Crippen LogP) is 2.08. The lowest BCUT2D eigenvalue weighted by molar-refractivity contribution is 0.0605. The fourth-order valence-corrected chi connectivity index (χ4v) is 3.03. The summed E-state index contributed by atoms with van der Waals surface area (Å²) in [5.41, 5.74) is 0.572. The summed E-state index contributed by atoms with van der Waals surface area (Å²) in [6.07, 6.45) is 2.09. The van der Waals surface area contributed by atoms with Crippen LogP contribution in [0.15, 0.2) is 24.5 Å². The molecule has 2 heterocycles. The van der Waals surface area contributed by atoms with Gasteiger partial charge in [-0.2, -0.15) is 8.42 Å². The number of hydrogen-bond acceptors (Lipinski definition) is 8. The monoisotopic (exact) mass is 374 g/mol. The summed E-state index contributed by atoms with van der Waals surface area (Å²) < 4.78 is 42.0. The van der Waals surface area contributed by atoms with Crippen LogP contribution in [0, 0.1) is 6.92 Å². The van der Waals surface area contributed by atoms with Gasteiger partial charge in [0.15, 0.2) is 5.75 Å². The Morgan fingerprint density at radius 2 is 2.00 bits per heavy atom. The topological polar surface area (TPSA) is 112 Å². The second kappa shape index (κ2) is 6.93. The first-order valence-corrected chi connectivity index (χ1v) is 8.41. The summed E-state index contributed by atoms with van der Waals surface area (Å²) in [7, 11) is -3.97. The number of methoxy groups -OCH3 is 1. The van der Waals surface area contributed by atoms with Crippen LogP contribution in [0.4, 0.5) is 8.89 Å². The van der Waals surface area contributed by atoms with Gasteiger partial charge in [-0.3, -0.25) is 9.78 Å². The van der Waals surface area contributed by atoms with Gasteiger partial charge in [0.25, 0.3) is 5.91 Å². The first-order chi connectivity index (χ1) is 11.2. The molecule has 128 valence electrons. The van der Waals surface area contributed by atoms with E-state index in [0.717, 1.165) is 29.8 Å². The summed E-state index contributed by atoms with van der Waals surface area (Å²) in [5.74, 6) is -1.60. The minimum absolute atomic E-state index is 0.0539. The van der Waals surface area contributed by atoms with Gasteiger partial charge in [-0.25, -0.2) is 4.79 Å². The minimum atomic E-state index is -5.21. The van der Waals surface area contributed by atoms with Crippen LogP contribution in [-0.2, 0) is 15.2 Å². The molecule has 0 radical (unpaired) electrons. The fraction of sp³-hybridized carbons (Fsp3) is 0.154. The number of aromatic nitrogens is 1. The van der Waals surface area contributed by atoms with Crippen LogP contribution >= 0.6 is 11.3 Å². The Morgan fingerprint density at radius 1 is 1.29 bits per heavy atom. The van der Waals surface area contributed by atoms with E-state index in [-0.39, 0.29) is 5.56 Å². The summed E-state index contributed by atoms with van der Waals surface area (Å²) in [5, 5.41) is 2.90. The third-order valence-corrected chi connectivity index (χ3v) is 4.22. The van der Waals surface area contributed by atoms with E-state index < -0.39 is 28.1 Å². The van der Waals surface area contributed by atoms with Gasteiger partial charge in [0.2, 0.25) is 0 Å². The summed E-state index contributed by atoms with van der Waals surface area (Å²) in [6, 6.07) is 2.59. The number of nitrogens with one attached hydrogen (secondary N) is 1. The summed E-state index contributed by atoms with van der Waals surface area (Å²) in [6.45, 7) is 1.68. The fourth-order valence-electron chi connectivity index (χ4n) is 1.73. The Morgan fingerprint density at radius 3 is 2.62 bits per heavy atom. The van der Waals surface area contributed by atoms with E-state index in [1.54, 1.807) is 13.0 Å². The number of rotatable bonds is 5. The lowest BCUT2D eigenvalue weighted by Crippen LogP contribution is -2.12. The van der Waals surface area contributed by atoms with Crippen LogP contribution in [-0.4, -0.2) is 32.4 Å². The number of ether oxygens (including phenoxy) is 1. The molecule has 11 heteroatoms. The Balaban J connectivity index is 2.18. The number of thiophene rings is 1. The van der Waals surface area contributed by atoms with Crippen molar-refractivity contribution in [3.05, 3.63) is 40.5 Å². The molecule has 24 heavy (non-hydrogen) atoms. The van der Waals surface area contributed by atoms with Crippen molar-refractivity contribution in [3.63, 3.8) is 0 Å². The van der Waals surface area contributed by atoms with Gasteiger partial charge in [0, 0.05) is 6.20 Å². The molecule has 0 atom stereocenters. The summed E-state index contributed by atoms with van der Waals surface area (Å²) >= 11 is 1.02. The number of halogens is 1. The van der Waals surface area contributed by atoms with Crippen molar-refractivity contribution < 1.29 is 30.8 Å². The Labute approximate surface area is 140 Å². The predicted molar refractivity (Wildman–Crippen MR) is 83.2 cm³/mol. The number of carbonyl (C=O) groups is 2. The lowest BCUT2D eigenvalue weighted by Gasteiger charge is -2.04. The zero-order valence-corrected chi connectivity index (χ0v) is 14.0. The molecule has 2 aromatic rings. The molecule has 0 unspecified atom stereocenters. The smallest absolute Gasteiger partial charge is 0.465 e. The van der Waals surface area contributed by atoms with Crippen molar-refractivity contribution in [1.29, 1.82) is 0 Å². The van der Waals surface area contributed by atoms with Gasteiger partial charge in [-0.15, -0.1) is 11.3 Å². The van der Waals surface area contributed by atoms with E-state index in [1.165, 1.54) is 7.11 Å². The van der Waals surface area contributed by atoms with Gasteiger partial charge >= 0.3 is 16.5 Å². The third kappa shape index (κ3) is 4.49. The van der Waals surface area contributed by atoms with Gasteiger partial charge in [-0.1, -0.05) is 3.89 Å². The highest BCUT2D eigenvalue weighted by molar-refractivity contribution is 7.81. The van der Waals surface area contributed by atoms with E-state index in [1.807, 2.05) is 0 Å². The van der Waals surface area contributed by atoms with Crippen LogP contribution in [0.1, 0.15) is 25.6 Å². The Hall–Kier alpha value is -2.53. The highest BCUT2D eigenvalue weighted by Crippen LogP contribution is 2.27. The molecular weight excluding hydrogens is 363 g/mol. The molecule has 0 aromatic carbocycles. The molecule has 2 rings (SSSR count). The van der Waals surface area contributed by atoms with Crippen molar-refractivity contribution in [2.75, 3.05) is 12.4 Å². The average Bonchev–Trinajstić information content (AvgIpc) is 2.85. The largest absolute Gasteiger partial charge is 0.488 e. The molecule has 0 bridgehead atoms. The van der Waals surface area contributed by atoms with Gasteiger partial charge in [-0.05, 0) is 24.6 Å². The van der Waals surface area contributed by atoms with Crippen LogP contribution in [0.5, 0.6) is 5.75 Å². The van der Waals surface area contributed by atoms with Crippen molar-refractivity contribution in [1.82, 2.24) is 4.98 Å². The second-order valence-electron chi connectivity index (χ2n) is 4.45. The Bertz CT molecular complexity index is 894. The molecule has 1 N–H and O–H groups in total. The number of nitrogens with zero attached hydrogens (tertiary/aromatic N) is 1. The van der Waals surface area contributed by atoms with Crippen molar-refractivity contribution in [2.24, 2.45) is 0 Å². The van der Waals surface area contributed by atoms with E-state index in [2.05, 4.69) is 19.2 Å². The molecule has 1 amide bonds. The molecule has 2 aromatic heterocycles. The third-order valence-electron chi connectivity index (χ3n) is 2.70. The molecule has 0 aliphatic heterocycles. The van der Waals surface area contributed by atoms with E-state index in [0.29, 0.717) is 15.4 Å². The number of aryl methyl sites for hydroxylation is 1. The first-order valence-electron chi connectivity index (χ1n) is 6.29. The number of hydrogen-bond donors (Lipinski definition) is 1. The molecule has 0 aliphatic carbocycles. The second-order valence-corrected chi connectivity index (χ2v) is 6.46. The molecule has 0 aliphatic rings. The summed E-state index contributed by atoms with van der Waals surface area (Å²) in [4.78, 5) is 27.6. The average molecular weight is 374 g/mol. The quantitative estimate of drug-likeness (QED) is 0.630. The SMILES string of the molecule is COC(=O)c1sc(NC(=O)c2cncc(OS(=O)(=O)F)c2)cc1C. The maximum atomic E-state index is 12.5. The molecule has 8 nitrogen and oxygen atoms in total. The molecular formula is C13H11FN2O6S2. The maximum Gasteiger partial charge on any atom is 0.488 e. The number of amides is 1. The zero-order valence-electron chi connectivity index (χ0n) is 12.4. The van der Waals surface area contributed by atoms with Crippen LogP contribution < -0.4 is 9.50 Å². The minimum Gasteiger partial charge on any atom is -0.465 e. The number of anilines is 1. The van der Waals surface area contributed by atoms with E-state index in [4.69, 9.17) is 0 Å². The van der Waals surface area contributed by atoms with Crippen LogP contribution in [0.25, 0.3) is 0 Å². The highest BCUT2D eigenvalue weighted by Gasteiger charge is 2.17.